The highest BCUT2D eigenvalue weighted by molar-refractivity contribution is 7.80. The van der Waals surface area contributed by atoms with Gasteiger partial charge in [-0.15, -0.1) is 12.6 Å². The van der Waals surface area contributed by atoms with Crippen LogP contribution in [0.2, 0.25) is 0 Å². The number of nitrogens with one attached hydrogen (secondary N) is 2. The molecule has 0 unspecified atom stereocenters. The average molecular weight is 342 g/mol. The predicted octanol–water partition coefficient (Wildman–Crippen LogP) is 2.13. The Morgan fingerprint density at radius 2 is 1.96 bits per heavy atom. The van der Waals surface area contributed by atoms with Crippen LogP contribution in [0.25, 0.3) is 0 Å². The van der Waals surface area contributed by atoms with E-state index in [1.165, 1.54) is 6.21 Å². The fraction of sp³-hybridized carbons (Fsp3) is 0.353. The van der Waals surface area contributed by atoms with Gasteiger partial charge in [0.05, 0.1) is 5.56 Å². The van der Waals surface area contributed by atoms with Gasteiger partial charge >= 0.3 is 0 Å². The maximum Gasteiger partial charge on any atom is 0.143 e. The monoisotopic (exact) mass is 342 g/mol. The van der Waals surface area contributed by atoms with Crippen molar-refractivity contribution in [2.24, 2.45) is 0 Å². The normalized spacial score (nSPS) is 15.3. The van der Waals surface area contributed by atoms with Crippen molar-refractivity contribution in [3.63, 3.8) is 0 Å². The van der Waals surface area contributed by atoms with E-state index >= 15 is 0 Å². The molecule has 0 atom stereocenters. The molecule has 1 saturated heterocycles. The van der Waals surface area contributed by atoms with Crippen LogP contribution in [0.4, 0.5) is 11.6 Å². The quantitative estimate of drug-likeness (QED) is 0.574. The van der Waals surface area contributed by atoms with Crippen LogP contribution < -0.4 is 10.2 Å². The Labute approximate surface area is 147 Å². The summed E-state index contributed by atoms with van der Waals surface area (Å²) in [5.41, 5.74) is 1.83. The van der Waals surface area contributed by atoms with Crippen molar-refractivity contribution in [1.29, 1.82) is 5.41 Å². The van der Waals surface area contributed by atoms with Crippen LogP contribution in [0.1, 0.15) is 11.1 Å². The number of anilines is 2. The van der Waals surface area contributed by atoms with Crippen LogP contribution in [0.15, 0.2) is 35.5 Å². The minimum absolute atomic E-state index is 0.611. The lowest BCUT2D eigenvalue weighted by Crippen LogP contribution is -2.45. The van der Waals surface area contributed by atoms with Gasteiger partial charge in [0.2, 0.25) is 0 Å². The molecule has 0 aliphatic carbocycles. The molecule has 1 aliphatic rings. The summed E-state index contributed by atoms with van der Waals surface area (Å²) in [5.74, 6) is 1.51. The molecular weight excluding hydrogens is 320 g/mol. The lowest BCUT2D eigenvalue weighted by atomic mass is 10.2. The van der Waals surface area contributed by atoms with E-state index in [0.29, 0.717) is 12.4 Å². The van der Waals surface area contributed by atoms with Crippen molar-refractivity contribution in [2.75, 3.05) is 43.4 Å². The first-order valence-corrected chi connectivity index (χ1v) is 8.43. The highest BCUT2D eigenvalue weighted by Crippen LogP contribution is 2.23. The number of hydrogen-bond acceptors (Lipinski definition) is 7. The van der Waals surface area contributed by atoms with Crippen LogP contribution in [-0.4, -0.2) is 54.3 Å². The van der Waals surface area contributed by atoms with Gasteiger partial charge in [0.1, 0.15) is 18.0 Å². The maximum atomic E-state index is 7.81. The van der Waals surface area contributed by atoms with Crippen molar-refractivity contribution in [3.05, 3.63) is 41.7 Å². The SMILES string of the molecule is CN1CCN(c2ncnc(NCc3ccccc3S)c2C=N)CC1. The lowest BCUT2D eigenvalue weighted by Gasteiger charge is -2.34. The van der Waals surface area contributed by atoms with Gasteiger partial charge in [-0.1, -0.05) is 18.2 Å². The second-order valence-corrected chi connectivity index (χ2v) is 6.36. The molecule has 0 radical (unpaired) electrons. The van der Waals surface area contributed by atoms with Crippen LogP contribution in [0.5, 0.6) is 0 Å². The van der Waals surface area contributed by atoms with Crippen LogP contribution >= 0.6 is 12.6 Å². The van der Waals surface area contributed by atoms with Gasteiger partial charge in [-0.05, 0) is 18.7 Å². The molecule has 6 nitrogen and oxygen atoms in total. The fourth-order valence-corrected chi connectivity index (χ4v) is 3.01. The van der Waals surface area contributed by atoms with Crippen molar-refractivity contribution in [3.8, 4) is 0 Å². The van der Waals surface area contributed by atoms with E-state index in [9.17, 15) is 0 Å². The third-order valence-corrected chi connectivity index (χ3v) is 4.68. The van der Waals surface area contributed by atoms with Gasteiger partial charge in [-0.3, -0.25) is 0 Å². The number of rotatable bonds is 5. The predicted molar refractivity (Wildman–Crippen MR) is 101 cm³/mol. The highest BCUT2D eigenvalue weighted by atomic mass is 32.1. The van der Waals surface area contributed by atoms with E-state index in [2.05, 4.69) is 44.8 Å². The third-order valence-electron chi connectivity index (χ3n) is 4.25. The molecule has 7 heteroatoms. The number of thiol groups is 1. The summed E-state index contributed by atoms with van der Waals surface area (Å²) in [6.07, 6.45) is 2.90. The van der Waals surface area contributed by atoms with Crippen LogP contribution in [0.3, 0.4) is 0 Å². The number of nitrogens with zero attached hydrogens (tertiary/aromatic N) is 4. The molecule has 0 spiro atoms. The minimum atomic E-state index is 0.611. The first-order chi connectivity index (χ1) is 11.7. The molecule has 1 aromatic heterocycles. The summed E-state index contributed by atoms with van der Waals surface area (Å²) >= 11 is 4.47. The van der Waals surface area contributed by atoms with Crippen LogP contribution in [-0.2, 0) is 6.54 Å². The fourth-order valence-electron chi connectivity index (χ4n) is 2.77. The third kappa shape index (κ3) is 3.68. The Balaban J connectivity index is 1.80. The van der Waals surface area contributed by atoms with E-state index < -0.39 is 0 Å². The van der Waals surface area contributed by atoms with Gasteiger partial charge in [0.15, 0.2) is 0 Å². The molecule has 2 aromatic rings. The molecule has 24 heavy (non-hydrogen) atoms. The van der Waals surface area contributed by atoms with E-state index in [4.69, 9.17) is 5.41 Å². The summed E-state index contributed by atoms with van der Waals surface area (Å²) in [6.45, 7) is 4.43. The largest absolute Gasteiger partial charge is 0.365 e. The smallest absolute Gasteiger partial charge is 0.143 e. The Bertz CT molecular complexity index is 712. The summed E-state index contributed by atoms with van der Waals surface area (Å²) in [4.78, 5) is 14.2. The zero-order valence-electron chi connectivity index (χ0n) is 13.7. The summed E-state index contributed by atoms with van der Waals surface area (Å²) in [6, 6.07) is 7.95. The average Bonchev–Trinajstić information content (AvgIpc) is 2.61. The minimum Gasteiger partial charge on any atom is -0.365 e. The molecule has 126 valence electrons. The molecule has 1 aliphatic heterocycles. The van der Waals surface area contributed by atoms with Crippen molar-refractivity contribution >= 4 is 30.5 Å². The Morgan fingerprint density at radius 3 is 2.67 bits per heavy atom. The second kappa shape index (κ2) is 7.63. The highest BCUT2D eigenvalue weighted by Gasteiger charge is 2.20. The zero-order valence-corrected chi connectivity index (χ0v) is 14.6. The Kier molecular flexibility index (Phi) is 5.32. The standard InChI is InChI=1S/C17H22N6S/c1-22-6-8-23(9-7-22)17-14(10-18)16(20-12-21-17)19-11-13-4-2-3-5-15(13)24/h2-5,10,12,18,24H,6-9,11H2,1H3,(H,19,20,21). The molecular formula is C17H22N6S. The molecule has 1 aromatic carbocycles. The van der Waals surface area contributed by atoms with Crippen molar-refractivity contribution in [2.45, 2.75) is 11.4 Å². The molecule has 3 rings (SSSR count). The molecule has 1 fully saturated rings. The Hall–Kier alpha value is -2.12. The van der Waals surface area contributed by atoms with Gasteiger partial charge in [0, 0.05) is 43.8 Å². The van der Waals surface area contributed by atoms with E-state index in [-0.39, 0.29) is 0 Å². The first kappa shape index (κ1) is 16.7. The molecule has 0 saturated carbocycles. The van der Waals surface area contributed by atoms with E-state index in [1.54, 1.807) is 6.33 Å². The topological polar surface area (TPSA) is 68.1 Å². The number of benzene rings is 1. The molecule has 2 N–H and O–H groups in total. The van der Waals surface area contributed by atoms with Crippen molar-refractivity contribution in [1.82, 2.24) is 14.9 Å². The van der Waals surface area contributed by atoms with Gasteiger partial charge in [0.25, 0.3) is 0 Å². The van der Waals surface area contributed by atoms with Crippen molar-refractivity contribution < 1.29 is 0 Å². The Morgan fingerprint density at radius 1 is 1.21 bits per heavy atom. The summed E-state index contributed by atoms with van der Waals surface area (Å²) in [5, 5.41) is 11.1. The maximum absolute atomic E-state index is 7.81. The number of aromatic nitrogens is 2. The molecule has 0 amide bonds. The van der Waals surface area contributed by atoms with Crippen LogP contribution in [0, 0.1) is 5.41 Å². The number of piperazine rings is 1. The van der Waals surface area contributed by atoms with E-state index in [1.807, 2.05) is 24.3 Å². The summed E-state index contributed by atoms with van der Waals surface area (Å²) < 4.78 is 0. The second-order valence-electron chi connectivity index (χ2n) is 5.88. The number of hydrogen-bond donors (Lipinski definition) is 3. The lowest BCUT2D eigenvalue weighted by molar-refractivity contribution is 0.312. The van der Waals surface area contributed by atoms with Gasteiger partial charge in [-0.2, -0.15) is 0 Å². The number of likely N-dealkylation sites (N-methyl/N-ethyl adjacent to an activating group) is 1. The van der Waals surface area contributed by atoms with Gasteiger partial charge in [-0.25, -0.2) is 9.97 Å². The van der Waals surface area contributed by atoms with Gasteiger partial charge < -0.3 is 20.5 Å². The molecule has 2 heterocycles. The molecule has 0 bridgehead atoms. The summed E-state index contributed by atoms with van der Waals surface area (Å²) in [7, 11) is 2.12. The first-order valence-electron chi connectivity index (χ1n) is 7.98. The zero-order chi connectivity index (χ0) is 16.9. The van der Waals surface area contributed by atoms with E-state index in [0.717, 1.165) is 48.0 Å².